The average molecular weight is 1250 g/mol. The molecule has 0 aromatic carbocycles. The maximum absolute atomic E-state index is 12.9. The predicted molar refractivity (Wildman–Crippen MR) is 377 cm³/mol. The molecule has 0 aliphatic heterocycles. The summed E-state index contributed by atoms with van der Waals surface area (Å²) in [6.45, 7) is 4.50. The molecule has 0 amide bonds. The van der Waals surface area contributed by atoms with E-state index < -0.39 is 26.5 Å². The maximum atomic E-state index is 12.9. The van der Waals surface area contributed by atoms with Crippen LogP contribution in [-0.4, -0.2) is 74.9 Å². The van der Waals surface area contributed by atoms with Crippen molar-refractivity contribution in [2.75, 3.05) is 47.5 Å². The van der Waals surface area contributed by atoms with Crippen LogP contribution in [0.3, 0.4) is 0 Å². The number of unbranched alkanes of at least 4 members (excludes halogenated alkanes) is 52. The van der Waals surface area contributed by atoms with Crippen LogP contribution in [0.4, 0.5) is 0 Å². The Morgan fingerprint density at radius 1 is 0.356 bits per heavy atom. The summed E-state index contributed by atoms with van der Waals surface area (Å²) in [5, 5.41) is 0. The number of ether oxygens (including phenoxy) is 2. The third-order valence-electron chi connectivity index (χ3n) is 17.4. The first kappa shape index (κ1) is 85.2. The highest BCUT2D eigenvalue weighted by Gasteiger charge is 2.27. The second-order valence-electron chi connectivity index (χ2n) is 27.4. The van der Waals surface area contributed by atoms with Gasteiger partial charge >= 0.3 is 19.8 Å². The summed E-state index contributed by atoms with van der Waals surface area (Å²) >= 11 is 0. The number of nitrogens with zero attached hydrogens (tertiary/aromatic N) is 1. The van der Waals surface area contributed by atoms with Gasteiger partial charge in [-0.15, -0.1) is 0 Å². The van der Waals surface area contributed by atoms with Crippen molar-refractivity contribution in [1.29, 1.82) is 0 Å². The molecular formula is C77H149NO8P+. The molecule has 514 valence electrons. The maximum Gasteiger partial charge on any atom is 0.472 e. The number of rotatable bonds is 72. The molecule has 0 aliphatic carbocycles. The summed E-state index contributed by atoms with van der Waals surface area (Å²) in [6.07, 6.45) is 88.5. The Kier molecular flexibility index (Phi) is 67.2. The second-order valence-corrected chi connectivity index (χ2v) is 28.9. The van der Waals surface area contributed by atoms with E-state index in [4.69, 9.17) is 18.5 Å². The Bertz CT molecular complexity index is 1560. The second kappa shape index (κ2) is 68.6. The molecule has 0 saturated carbocycles. The van der Waals surface area contributed by atoms with Gasteiger partial charge in [0.05, 0.1) is 27.7 Å². The number of carbonyl (C=O) groups is 2. The van der Waals surface area contributed by atoms with E-state index in [1.165, 1.54) is 315 Å². The highest BCUT2D eigenvalue weighted by molar-refractivity contribution is 7.47. The van der Waals surface area contributed by atoms with Crippen LogP contribution in [0.5, 0.6) is 0 Å². The van der Waals surface area contributed by atoms with Gasteiger partial charge in [0.25, 0.3) is 0 Å². The molecule has 1 N–H and O–H groups in total. The molecule has 2 atom stereocenters. The zero-order valence-corrected chi connectivity index (χ0v) is 59.7. The Hall–Kier alpha value is -1.77. The summed E-state index contributed by atoms with van der Waals surface area (Å²) in [5.41, 5.74) is 0. The topological polar surface area (TPSA) is 108 Å². The van der Waals surface area contributed by atoms with Gasteiger partial charge in [0.1, 0.15) is 19.8 Å². The quantitative estimate of drug-likeness (QED) is 0.0211. The largest absolute Gasteiger partial charge is 0.472 e. The van der Waals surface area contributed by atoms with Crippen LogP contribution in [-0.2, 0) is 32.7 Å². The first-order valence-electron chi connectivity index (χ1n) is 38.2. The van der Waals surface area contributed by atoms with Crippen molar-refractivity contribution in [1.82, 2.24) is 0 Å². The van der Waals surface area contributed by atoms with Crippen molar-refractivity contribution in [3.05, 3.63) is 36.5 Å². The predicted octanol–water partition coefficient (Wildman–Crippen LogP) is 25.0. The van der Waals surface area contributed by atoms with E-state index in [0.29, 0.717) is 23.9 Å². The number of esters is 2. The molecule has 0 aromatic rings. The van der Waals surface area contributed by atoms with Gasteiger partial charge in [-0.05, 0) is 51.4 Å². The fraction of sp³-hybridized carbons (Fsp3) is 0.896. The highest BCUT2D eigenvalue weighted by Crippen LogP contribution is 2.43. The lowest BCUT2D eigenvalue weighted by atomic mass is 10.0. The Balaban J connectivity index is 3.94. The Morgan fingerprint density at radius 2 is 0.621 bits per heavy atom. The van der Waals surface area contributed by atoms with Crippen LogP contribution in [0.2, 0.25) is 0 Å². The third kappa shape index (κ3) is 73.2. The van der Waals surface area contributed by atoms with Crippen molar-refractivity contribution >= 4 is 19.8 Å². The van der Waals surface area contributed by atoms with E-state index in [1.54, 1.807) is 0 Å². The summed E-state index contributed by atoms with van der Waals surface area (Å²) in [5.74, 6) is -0.776. The molecule has 0 heterocycles. The molecule has 10 heteroatoms. The van der Waals surface area contributed by atoms with Crippen molar-refractivity contribution in [3.63, 3.8) is 0 Å². The first-order chi connectivity index (χ1) is 42.5. The van der Waals surface area contributed by atoms with Crippen molar-refractivity contribution < 1.29 is 42.1 Å². The average Bonchev–Trinajstić information content (AvgIpc) is 3.56. The van der Waals surface area contributed by atoms with E-state index in [-0.39, 0.29) is 25.6 Å². The molecule has 0 rings (SSSR count). The van der Waals surface area contributed by atoms with E-state index in [1.807, 2.05) is 21.1 Å². The number of phosphoric ester groups is 1. The smallest absolute Gasteiger partial charge is 0.462 e. The van der Waals surface area contributed by atoms with Crippen molar-refractivity contribution in [3.8, 4) is 0 Å². The van der Waals surface area contributed by atoms with Crippen LogP contribution in [0.1, 0.15) is 393 Å². The molecule has 2 unspecified atom stereocenters. The summed E-state index contributed by atoms with van der Waals surface area (Å²) in [7, 11) is 1.50. The van der Waals surface area contributed by atoms with Gasteiger partial charge in [-0.2, -0.15) is 0 Å². The minimum Gasteiger partial charge on any atom is -0.462 e. The van der Waals surface area contributed by atoms with E-state index in [0.717, 1.165) is 44.9 Å². The summed E-state index contributed by atoms with van der Waals surface area (Å²) < 4.78 is 34.8. The normalized spacial score (nSPS) is 13.2. The third-order valence-corrected chi connectivity index (χ3v) is 18.4. The first-order valence-corrected chi connectivity index (χ1v) is 39.7. The van der Waals surface area contributed by atoms with Gasteiger partial charge in [0.2, 0.25) is 0 Å². The number of phosphoric acid groups is 1. The molecule has 9 nitrogen and oxygen atoms in total. The van der Waals surface area contributed by atoms with Crippen molar-refractivity contribution in [2.24, 2.45) is 0 Å². The van der Waals surface area contributed by atoms with Crippen LogP contribution in [0.15, 0.2) is 36.5 Å². The number of allylic oxidation sites excluding steroid dienone is 6. The number of carbonyl (C=O) groups excluding carboxylic acids is 2. The lowest BCUT2D eigenvalue weighted by Gasteiger charge is -2.24. The lowest BCUT2D eigenvalue weighted by molar-refractivity contribution is -0.870. The zero-order valence-electron chi connectivity index (χ0n) is 58.8. The van der Waals surface area contributed by atoms with E-state index >= 15 is 0 Å². The molecule has 0 fully saturated rings. The number of likely N-dealkylation sites (N-methyl/N-ethyl adjacent to an activating group) is 1. The SMILES string of the molecule is CCCCCCC/C=C\C/C=C\C/C=C\CCCCCCCCCCCCCCCCC(=O)OC(COC(=O)CCCCCCCCCCCCCCCCCCCCCCCCCCCCCCCCCCCC)COP(=O)(O)OCC[N+](C)(C)C. The lowest BCUT2D eigenvalue weighted by Crippen LogP contribution is -2.37. The van der Waals surface area contributed by atoms with Crippen LogP contribution in [0.25, 0.3) is 0 Å². The number of quaternary nitrogens is 1. The Morgan fingerprint density at radius 3 is 0.920 bits per heavy atom. The molecule has 87 heavy (non-hydrogen) atoms. The highest BCUT2D eigenvalue weighted by atomic mass is 31.2. The standard InChI is InChI=1S/C77H148NO8P/c1-6-8-10-12-14-16-18-20-22-24-26-28-30-32-34-36-37-38-39-40-42-43-45-47-49-51-53-55-57-59-61-63-65-67-69-76(79)83-73-75(74-85-87(81,82)84-72-71-78(3,4)5)86-77(80)70-68-66-64-62-60-58-56-54-52-50-48-46-44-41-35-33-31-29-27-25-23-21-19-17-15-13-11-9-7-2/h19,21,25,27,31,33,75H,6-18,20,22-24,26,28-30,32,34-74H2,1-5H3/p+1/b21-19-,27-25-,33-31-. The summed E-state index contributed by atoms with van der Waals surface area (Å²) in [4.78, 5) is 35.9. The summed E-state index contributed by atoms with van der Waals surface area (Å²) in [6, 6.07) is 0. The van der Waals surface area contributed by atoms with Gasteiger partial charge in [-0.25, -0.2) is 4.57 Å². The van der Waals surface area contributed by atoms with E-state index in [9.17, 15) is 19.0 Å². The van der Waals surface area contributed by atoms with Gasteiger partial charge in [-0.1, -0.05) is 365 Å². The van der Waals surface area contributed by atoms with Gasteiger partial charge in [0.15, 0.2) is 6.10 Å². The molecule has 0 bridgehead atoms. The van der Waals surface area contributed by atoms with Crippen LogP contribution in [0, 0.1) is 0 Å². The molecule has 0 aliphatic rings. The fourth-order valence-electron chi connectivity index (χ4n) is 11.6. The van der Waals surface area contributed by atoms with Crippen LogP contribution >= 0.6 is 7.82 Å². The minimum atomic E-state index is -4.39. The van der Waals surface area contributed by atoms with Gasteiger partial charge in [-0.3, -0.25) is 18.6 Å². The molecular weight excluding hydrogens is 1100 g/mol. The number of hydrogen-bond donors (Lipinski definition) is 1. The number of hydrogen-bond acceptors (Lipinski definition) is 7. The monoisotopic (exact) mass is 1250 g/mol. The van der Waals surface area contributed by atoms with Gasteiger partial charge in [0, 0.05) is 12.8 Å². The minimum absolute atomic E-state index is 0.0341. The van der Waals surface area contributed by atoms with Crippen LogP contribution < -0.4 is 0 Å². The zero-order chi connectivity index (χ0) is 63.4. The molecule has 0 saturated heterocycles. The van der Waals surface area contributed by atoms with Crippen molar-refractivity contribution in [2.45, 2.75) is 399 Å². The fourth-order valence-corrected chi connectivity index (χ4v) is 12.3. The Labute approximate surface area is 541 Å². The molecule has 0 aromatic heterocycles. The van der Waals surface area contributed by atoms with E-state index in [2.05, 4.69) is 50.3 Å². The van der Waals surface area contributed by atoms with Gasteiger partial charge < -0.3 is 18.9 Å². The molecule has 0 radical (unpaired) electrons. The molecule has 0 spiro atoms.